The maximum atomic E-state index is 12.8. The first-order valence-electron chi connectivity index (χ1n) is 7.98. The van der Waals surface area contributed by atoms with Crippen LogP contribution in [0.1, 0.15) is 46.4 Å². The van der Waals surface area contributed by atoms with Crippen molar-refractivity contribution in [3.63, 3.8) is 0 Å². The highest BCUT2D eigenvalue weighted by Crippen LogP contribution is 2.43. The molecule has 24 heavy (non-hydrogen) atoms. The summed E-state index contributed by atoms with van der Waals surface area (Å²) in [7, 11) is 0. The number of benzene rings is 1. The van der Waals surface area contributed by atoms with Gasteiger partial charge in [0.15, 0.2) is 5.69 Å². The average Bonchev–Trinajstić information content (AvgIpc) is 3.23. The highest BCUT2D eigenvalue weighted by atomic mass is 79.9. The molecular weight excluding hydrogens is 392 g/mol. The quantitative estimate of drug-likeness (QED) is 0.815. The number of amides is 1. The molecule has 1 aliphatic heterocycles. The summed E-state index contributed by atoms with van der Waals surface area (Å²) in [5.74, 6) is 0.658. The van der Waals surface area contributed by atoms with E-state index >= 15 is 0 Å². The largest absolute Gasteiger partial charge is 0.335 e. The van der Waals surface area contributed by atoms with Gasteiger partial charge in [0.05, 0.1) is 10.2 Å². The Morgan fingerprint density at radius 3 is 2.62 bits per heavy atom. The van der Waals surface area contributed by atoms with Crippen molar-refractivity contribution in [2.24, 2.45) is 5.73 Å². The Bertz CT molecular complexity index is 731. The summed E-state index contributed by atoms with van der Waals surface area (Å²) < 4.78 is 0.821. The first kappa shape index (κ1) is 17.5. The molecule has 0 unspecified atom stereocenters. The van der Waals surface area contributed by atoms with Crippen LogP contribution in [-0.4, -0.2) is 40.1 Å². The SMILES string of the molecule is Cl.N[C@@H]1CN(C(=O)c2n[nH]c(C3CC3)c2Br)C[C@H]1c1ccccc1. The molecule has 1 aliphatic carbocycles. The van der Waals surface area contributed by atoms with Crippen LogP contribution >= 0.6 is 28.3 Å². The zero-order valence-electron chi connectivity index (χ0n) is 13.1. The van der Waals surface area contributed by atoms with Crippen LogP contribution in [-0.2, 0) is 0 Å². The van der Waals surface area contributed by atoms with Gasteiger partial charge in [-0.15, -0.1) is 12.4 Å². The lowest BCUT2D eigenvalue weighted by Crippen LogP contribution is -2.32. The molecule has 2 aromatic rings. The van der Waals surface area contributed by atoms with Crippen LogP contribution in [0.25, 0.3) is 0 Å². The molecule has 128 valence electrons. The number of halogens is 2. The summed E-state index contributed by atoms with van der Waals surface area (Å²) in [6.07, 6.45) is 2.33. The third kappa shape index (κ3) is 3.10. The molecule has 1 amide bonds. The second kappa shape index (κ2) is 6.86. The normalized spacial score (nSPS) is 23.2. The predicted molar refractivity (Wildman–Crippen MR) is 98.6 cm³/mol. The minimum absolute atomic E-state index is 0. The van der Waals surface area contributed by atoms with Crippen LogP contribution in [0, 0.1) is 0 Å². The number of nitrogens with two attached hydrogens (primary N) is 1. The molecule has 7 heteroatoms. The fourth-order valence-electron chi connectivity index (χ4n) is 3.32. The fraction of sp³-hybridized carbons (Fsp3) is 0.412. The Morgan fingerprint density at radius 2 is 1.96 bits per heavy atom. The van der Waals surface area contributed by atoms with E-state index in [1.54, 1.807) is 0 Å². The number of nitrogens with one attached hydrogen (secondary N) is 1. The molecule has 1 aromatic carbocycles. The molecule has 2 fully saturated rings. The molecule has 2 aliphatic rings. The topological polar surface area (TPSA) is 75.0 Å². The van der Waals surface area contributed by atoms with Crippen molar-refractivity contribution >= 4 is 34.2 Å². The molecular formula is C17H20BrClN4O. The summed E-state index contributed by atoms with van der Waals surface area (Å²) in [6, 6.07) is 10.1. The number of aromatic amines is 1. The van der Waals surface area contributed by atoms with E-state index in [-0.39, 0.29) is 30.3 Å². The number of hydrogen-bond acceptors (Lipinski definition) is 3. The Balaban J connectivity index is 0.00000169. The Hall–Kier alpha value is -1.37. The van der Waals surface area contributed by atoms with E-state index < -0.39 is 0 Å². The van der Waals surface area contributed by atoms with Crippen molar-refractivity contribution in [3.05, 3.63) is 51.8 Å². The summed E-state index contributed by atoms with van der Waals surface area (Å²) in [5, 5.41) is 7.26. The van der Waals surface area contributed by atoms with Gasteiger partial charge in [0.25, 0.3) is 5.91 Å². The van der Waals surface area contributed by atoms with Gasteiger partial charge in [-0.1, -0.05) is 30.3 Å². The van der Waals surface area contributed by atoms with E-state index in [1.165, 1.54) is 18.4 Å². The summed E-state index contributed by atoms with van der Waals surface area (Å²) in [4.78, 5) is 14.6. The summed E-state index contributed by atoms with van der Waals surface area (Å²) in [6.45, 7) is 1.21. The number of H-pyrrole nitrogens is 1. The number of rotatable bonds is 3. The number of likely N-dealkylation sites (tertiary alicyclic amines) is 1. The number of carbonyl (C=O) groups is 1. The highest BCUT2D eigenvalue weighted by molar-refractivity contribution is 9.10. The highest BCUT2D eigenvalue weighted by Gasteiger charge is 2.37. The first-order chi connectivity index (χ1) is 11.1. The molecule has 2 heterocycles. The maximum absolute atomic E-state index is 12.8. The number of carbonyl (C=O) groups excluding carboxylic acids is 1. The van der Waals surface area contributed by atoms with Crippen molar-refractivity contribution in [2.75, 3.05) is 13.1 Å². The van der Waals surface area contributed by atoms with Crippen molar-refractivity contribution in [3.8, 4) is 0 Å². The molecule has 1 aromatic heterocycles. The minimum Gasteiger partial charge on any atom is -0.335 e. The smallest absolute Gasteiger partial charge is 0.275 e. The van der Waals surface area contributed by atoms with Crippen LogP contribution in [0.4, 0.5) is 0 Å². The van der Waals surface area contributed by atoms with E-state index in [1.807, 2.05) is 23.1 Å². The molecule has 5 nitrogen and oxygen atoms in total. The monoisotopic (exact) mass is 410 g/mol. The van der Waals surface area contributed by atoms with Gasteiger partial charge in [-0.05, 0) is 34.3 Å². The number of nitrogens with zero attached hydrogens (tertiary/aromatic N) is 2. The van der Waals surface area contributed by atoms with Crippen LogP contribution in [0.5, 0.6) is 0 Å². The van der Waals surface area contributed by atoms with Crippen molar-refractivity contribution in [2.45, 2.75) is 30.7 Å². The molecule has 3 N–H and O–H groups in total. The first-order valence-corrected chi connectivity index (χ1v) is 8.78. The molecule has 4 rings (SSSR count). The molecule has 0 bridgehead atoms. The van der Waals surface area contributed by atoms with Gasteiger partial charge in [0, 0.05) is 31.0 Å². The molecule has 0 radical (unpaired) electrons. The second-order valence-electron chi connectivity index (χ2n) is 6.47. The van der Waals surface area contributed by atoms with Crippen molar-refractivity contribution < 1.29 is 4.79 Å². The van der Waals surface area contributed by atoms with Crippen LogP contribution in [0.15, 0.2) is 34.8 Å². The van der Waals surface area contributed by atoms with Crippen molar-refractivity contribution in [1.29, 1.82) is 0 Å². The molecule has 0 spiro atoms. The van der Waals surface area contributed by atoms with E-state index in [9.17, 15) is 4.79 Å². The van der Waals surface area contributed by atoms with E-state index in [4.69, 9.17) is 5.73 Å². The number of aromatic nitrogens is 2. The van der Waals surface area contributed by atoms with E-state index in [0.717, 1.165) is 10.2 Å². The van der Waals surface area contributed by atoms with Gasteiger partial charge in [0.2, 0.25) is 0 Å². The van der Waals surface area contributed by atoms with Gasteiger partial charge in [-0.25, -0.2) is 0 Å². The minimum atomic E-state index is -0.0473. The third-order valence-electron chi connectivity index (χ3n) is 4.80. The zero-order chi connectivity index (χ0) is 16.0. The van der Waals surface area contributed by atoms with E-state index in [2.05, 4.69) is 38.3 Å². The maximum Gasteiger partial charge on any atom is 0.275 e. The van der Waals surface area contributed by atoms with Crippen LogP contribution in [0.3, 0.4) is 0 Å². The van der Waals surface area contributed by atoms with Gasteiger partial charge >= 0.3 is 0 Å². The second-order valence-corrected chi connectivity index (χ2v) is 7.26. The van der Waals surface area contributed by atoms with Gasteiger partial charge in [0.1, 0.15) is 0 Å². The molecule has 2 atom stereocenters. The van der Waals surface area contributed by atoms with Gasteiger partial charge in [-0.2, -0.15) is 5.10 Å². The lowest BCUT2D eigenvalue weighted by atomic mass is 9.95. The number of hydrogen-bond donors (Lipinski definition) is 2. The fourth-order valence-corrected chi connectivity index (χ4v) is 3.99. The zero-order valence-corrected chi connectivity index (χ0v) is 15.5. The average molecular weight is 412 g/mol. The standard InChI is InChI=1S/C17H19BrN4O.ClH/c18-14-15(11-6-7-11)20-21-16(14)17(23)22-8-12(13(19)9-22)10-4-2-1-3-5-10;/h1-5,11-13H,6-9,19H2,(H,20,21);1H/t12-,13+;/m0./s1. The van der Waals surface area contributed by atoms with Crippen LogP contribution in [0.2, 0.25) is 0 Å². The Labute approximate surface area is 155 Å². The van der Waals surface area contributed by atoms with Crippen LogP contribution < -0.4 is 5.73 Å². The van der Waals surface area contributed by atoms with Gasteiger partial charge in [-0.3, -0.25) is 9.89 Å². The van der Waals surface area contributed by atoms with E-state index in [0.29, 0.717) is 24.7 Å². The Morgan fingerprint density at radius 1 is 1.25 bits per heavy atom. The Kier molecular flexibility index (Phi) is 4.99. The lowest BCUT2D eigenvalue weighted by molar-refractivity contribution is 0.0782. The summed E-state index contributed by atoms with van der Waals surface area (Å²) >= 11 is 3.54. The third-order valence-corrected chi connectivity index (χ3v) is 5.60. The summed E-state index contributed by atoms with van der Waals surface area (Å²) in [5.41, 5.74) is 9.01. The lowest BCUT2D eigenvalue weighted by Gasteiger charge is -2.15. The van der Waals surface area contributed by atoms with Gasteiger partial charge < -0.3 is 10.6 Å². The van der Waals surface area contributed by atoms with Crippen molar-refractivity contribution in [1.82, 2.24) is 15.1 Å². The molecule has 1 saturated carbocycles. The predicted octanol–water partition coefficient (Wildman–Crippen LogP) is 3.04. The molecule has 1 saturated heterocycles.